The summed E-state index contributed by atoms with van der Waals surface area (Å²) in [5, 5.41) is 3.42. The van der Waals surface area contributed by atoms with E-state index in [0.29, 0.717) is 5.92 Å². The van der Waals surface area contributed by atoms with E-state index in [1.165, 1.54) is 5.56 Å². The van der Waals surface area contributed by atoms with Crippen molar-refractivity contribution < 1.29 is 4.74 Å². The van der Waals surface area contributed by atoms with Crippen molar-refractivity contribution >= 4 is 0 Å². The summed E-state index contributed by atoms with van der Waals surface area (Å²) in [7, 11) is 0. The van der Waals surface area contributed by atoms with Crippen LogP contribution < -0.4 is 10.1 Å². The number of aromatic nitrogens is 1. The fourth-order valence-electron chi connectivity index (χ4n) is 1.95. The van der Waals surface area contributed by atoms with Gasteiger partial charge in [-0.1, -0.05) is 26.0 Å². The van der Waals surface area contributed by atoms with Crippen LogP contribution in [0.15, 0.2) is 42.7 Å². The number of benzene rings is 1. The van der Waals surface area contributed by atoms with Crippen molar-refractivity contribution in [1.29, 1.82) is 0 Å². The molecule has 106 valence electrons. The van der Waals surface area contributed by atoms with Gasteiger partial charge in [-0.05, 0) is 43.1 Å². The van der Waals surface area contributed by atoms with Crippen molar-refractivity contribution in [1.82, 2.24) is 10.3 Å². The third-order valence-electron chi connectivity index (χ3n) is 2.94. The second-order valence-electron chi connectivity index (χ2n) is 5.43. The van der Waals surface area contributed by atoms with Crippen molar-refractivity contribution in [3.63, 3.8) is 0 Å². The van der Waals surface area contributed by atoms with Crippen molar-refractivity contribution in [3.8, 4) is 11.5 Å². The Kier molecular flexibility index (Phi) is 5.13. The minimum atomic E-state index is 0.632. The molecule has 0 fully saturated rings. The van der Waals surface area contributed by atoms with Gasteiger partial charge < -0.3 is 10.1 Å². The number of aryl methyl sites for hydroxylation is 1. The lowest BCUT2D eigenvalue weighted by molar-refractivity contribution is 0.467. The van der Waals surface area contributed by atoms with Crippen molar-refractivity contribution in [2.75, 3.05) is 6.54 Å². The van der Waals surface area contributed by atoms with E-state index >= 15 is 0 Å². The van der Waals surface area contributed by atoms with Gasteiger partial charge in [0.05, 0.1) is 0 Å². The van der Waals surface area contributed by atoms with Crippen LogP contribution in [0.4, 0.5) is 0 Å². The highest BCUT2D eigenvalue weighted by Crippen LogP contribution is 2.25. The van der Waals surface area contributed by atoms with E-state index in [9.17, 15) is 0 Å². The third kappa shape index (κ3) is 4.35. The summed E-state index contributed by atoms with van der Waals surface area (Å²) in [6.45, 7) is 8.21. The lowest BCUT2D eigenvalue weighted by Crippen LogP contribution is -2.19. The first-order chi connectivity index (χ1) is 9.65. The largest absolute Gasteiger partial charge is 0.457 e. The van der Waals surface area contributed by atoms with Crippen LogP contribution in [0.25, 0.3) is 0 Å². The zero-order valence-electron chi connectivity index (χ0n) is 12.4. The zero-order valence-corrected chi connectivity index (χ0v) is 12.4. The van der Waals surface area contributed by atoms with Gasteiger partial charge in [0.2, 0.25) is 0 Å². The summed E-state index contributed by atoms with van der Waals surface area (Å²) >= 11 is 0. The summed E-state index contributed by atoms with van der Waals surface area (Å²) in [4.78, 5) is 4.18. The Balaban J connectivity index is 2.07. The van der Waals surface area contributed by atoms with E-state index in [0.717, 1.165) is 30.2 Å². The lowest BCUT2D eigenvalue weighted by atomic mass is 10.2. The summed E-state index contributed by atoms with van der Waals surface area (Å²) < 4.78 is 5.97. The molecular formula is C17H22N2O. The van der Waals surface area contributed by atoms with Crippen LogP contribution in [0.1, 0.15) is 25.0 Å². The number of hydrogen-bond acceptors (Lipinski definition) is 3. The summed E-state index contributed by atoms with van der Waals surface area (Å²) in [6, 6.07) is 9.98. The Morgan fingerprint density at radius 3 is 2.85 bits per heavy atom. The molecular weight excluding hydrogens is 248 g/mol. The van der Waals surface area contributed by atoms with E-state index < -0.39 is 0 Å². The Bertz CT molecular complexity index is 552. The predicted molar refractivity (Wildman–Crippen MR) is 82.0 cm³/mol. The molecule has 0 saturated carbocycles. The number of pyridine rings is 1. The molecule has 20 heavy (non-hydrogen) atoms. The van der Waals surface area contributed by atoms with Gasteiger partial charge in [-0.15, -0.1) is 0 Å². The Labute approximate surface area is 121 Å². The Morgan fingerprint density at radius 1 is 1.25 bits per heavy atom. The second-order valence-corrected chi connectivity index (χ2v) is 5.43. The molecule has 2 aromatic rings. The molecule has 0 spiro atoms. The monoisotopic (exact) mass is 270 g/mol. The molecule has 0 bridgehead atoms. The highest BCUT2D eigenvalue weighted by atomic mass is 16.5. The molecule has 0 aliphatic rings. The average Bonchev–Trinajstić information content (AvgIpc) is 2.40. The van der Waals surface area contributed by atoms with Gasteiger partial charge in [0.25, 0.3) is 0 Å². The molecule has 0 atom stereocenters. The maximum atomic E-state index is 5.97. The van der Waals surface area contributed by atoms with Crippen LogP contribution >= 0.6 is 0 Å². The lowest BCUT2D eigenvalue weighted by Gasteiger charge is -2.12. The molecule has 0 amide bonds. The minimum absolute atomic E-state index is 0.632. The minimum Gasteiger partial charge on any atom is -0.457 e. The smallest absolute Gasteiger partial charge is 0.134 e. The van der Waals surface area contributed by atoms with E-state index in [4.69, 9.17) is 4.74 Å². The predicted octanol–water partition coefficient (Wildman–Crippen LogP) is 3.93. The molecule has 1 aromatic heterocycles. The van der Waals surface area contributed by atoms with Gasteiger partial charge in [-0.3, -0.25) is 4.98 Å². The van der Waals surface area contributed by atoms with Gasteiger partial charge >= 0.3 is 0 Å². The van der Waals surface area contributed by atoms with Crippen molar-refractivity contribution in [3.05, 3.63) is 53.9 Å². The summed E-state index contributed by atoms with van der Waals surface area (Å²) in [5.74, 6) is 2.36. The maximum absolute atomic E-state index is 5.97. The summed E-state index contributed by atoms with van der Waals surface area (Å²) in [5.41, 5.74) is 2.27. The molecule has 0 radical (unpaired) electrons. The molecule has 2 rings (SSSR count). The van der Waals surface area contributed by atoms with E-state index in [-0.39, 0.29) is 0 Å². The highest BCUT2D eigenvalue weighted by molar-refractivity contribution is 5.37. The maximum Gasteiger partial charge on any atom is 0.134 e. The van der Waals surface area contributed by atoms with Crippen LogP contribution in [0.2, 0.25) is 0 Å². The number of nitrogens with one attached hydrogen (secondary N) is 1. The first kappa shape index (κ1) is 14.5. The van der Waals surface area contributed by atoms with E-state index in [1.54, 1.807) is 6.20 Å². The molecule has 3 nitrogen and oxygen atoms in total. The number of ether oxygens (including phenoxy) is 1. The standard InChI is InChI=1S/C17H22N2O/c1-13(2)10-19-12-15-11-18-8-7-17(15)20-16-6-4-5-14(3)9-16/h4-9,11,13,19H,10,12H2,1-3H3. The van der Waals surface area contributed by atoms with Crippen LogP contribution in [0, 0.1) is 12.8 Å². The molecule has 0 saturated heterocycles. The zero-order chi connectivity index (χ0) is 14.4. The number of nitrogens with zero attached hydrogens (tertiary/aromatic N) is 1. The van der Waals surface area contributed by atoms with Crippen LogP contribution in [-0.4, -0.2) is 11.5 Å². The molecule has 0 unspecified atom stereocenters. The SMILES string of the molecule is Cc1cccc(Oc2ccncc2CNCC(C)C)c1. The summed E-state index contributed by atoms with van der Waals surface area (Å²) in [6.07, 6.45) is 3.62. The van der Waals surface area contributed by atoms with Crippen molar-refractivity contribution in [2.24, 2.45) is 5.92 Å². The fraction of sp³-hybridized carbons (Fsp3) is 0.353. The molecule has 1 N–H and O–H groups in total. The fourth-order valence-corrected chi connectivity index (χ4v) is 1.95. The normalized spacial score (nSPS) is 10.8. The highest BCUT2D eigenvalue weighted by Gasteiger charge is 2.05. The first-order valence-electron chi connectivity index (χ1n) is 7.03. The van der Waals surface area contributed by atoms with Crippen molar-refractivity contribution in [2.45, 2.75) is 27.3 Å². The number of rotatable bonds is 6. The molecule has 1 aromatic carbocycles. The molecule has 0 aliphatic carbocycles. The van der Waals surface area contributed by atoms with Gasteiger partial charge in [0.15, 0.2) is 0 Å². The van der Waals surface area contributed by atoms with Gasteiger partial charge in [-0.2, -0.15) is 0 Å². The quantitative estimate of drug-likeness (QED) is 0.863. The van der Waals surface area contributed by atoms with Crippen LogP contribution in [0.3, 0.4) is 0 Å². The second kappa shape index (κ2) is 7.06. The third-order valence-corrected chi connectivity index (χ3v) is 2.94. The van der Waals surface area contributed by atoms with E-state index in [1.807, 2.05) is 30.5 Å². The van der Waals surface area contributed by atoms with E-state index in [2.05, 4.69) is 37.1 Å². The van der Waals surface area contributed by atoms with Gasteiger partial charge in [-0.25, -0.2) is 0 Å². The molecule has 0 aliphatic heterocycles. The Hall–Kier alpha value is -1.87. The topological polar surface area (TPSA) is 34.1 Å². The van der Waals surface area contributed by atoms with Gasteiger partial charge in [0.1, 0.15) is 11.5 Å². The van der Waals surface area contributed by atoms with Crippen LogP contribution in [0.5, 0.6) is 11.5 Å². The molecule has 3 heteroatoms. The molecule has 1 heterocycles. The van der Waals surface area contributed by atoms with Crippen LogP contribution in [-0.2, 0) is 6.54 Å². The van der Waals surface area contributed by atoms with Gasteiger partial charge in [0, 0.05) is 24.5 Å². The Morgan fingerprint density at radius 2 is 2.10 bits per heavy atom. The first-order valence-corrected chi connectivity index (χ1v) is 7.03. The number of hydrogen-bond donors (Lipinski definition) is 1. The average molecular weight is 270 g/mol.